The van der Waals surface area contributed by atoms with Crippen LogP contribution in [0.2, 0.25) is 0 Å². The smallest absolute Gasteiger partial charge is 0.349 e. The van der Waals surface area contributed by atoms with Crippen molar-refractivity contribution in [1.29, 1.82) is 0 Å². The number of nitrogens with one attached hydrogen (secondary N) is 1. The molecule has 1 aromatic rings. The highest BCUT2D eigenvalue weighted by Crippen LogP contribution is 2.22. The molecule has 0 aliphatic rings. The molecule has 0 aliphatic carbocycles. The van der Waals surface area contributed by atoms with E-state index in [1.807, 2.05) is 4.72 Å². The Morgan fingerprint density at radius 1 is 1.50 bits per heavy atom. The van der Waals surface area contributed by atoms with E-state index in [1.165, 1.54) is 18.4 Å². The van der Waals surface area contributed by atoms with Crippen LogP contribution in [0.5, 0.6) is 0 Å². The topological polar surface area (TPSA) is 98.8 Å². The van der Waals surface area contributed by atoms with Gasteiger partial charge in [0.25, 0.3) is 15.9 Å². The van der Waals surface area contributed by atoms with Crippen molar-refractivity contribution in [1.82, 2.24) is 4.72 Å². The maximum atomic E-state index is 12.2. The summed E-state index contributed by atoms with van der Waals surface area (Å²) in [6.07, 6.45) is 1.21. The highest BCUT2D eigenvalue weighted by Gasteiger charge is 2.28. The molecule has 0 spiro atoms. The van der Waals surface area contributed by atoms with E-state index >= 15 is 0 Å². The molecule has 1 atom stereocenters. The molecule has 9 heteroatoms. The van der Waals surface area contributed by atoms with E-state index in [0.29, 0.717) is 6.42 Å². The van der Waals surface area contributed by atoms with E-state index in [1.54, 1.807) is 6.08 Å². The fourth-order valence-corrected chi connectivity index (χ4v) is 3.80. The van der Waals surface area contributed by atoms with Gasteiger partial charge in [0.1, 0.15) is 15.9 Å². The first-order valence-electron chi connectivity index (χ1n) is 6.28. The Hall–Kier alpha value is -1.71. The molecule has 122 valence electrons. The lowest BCUT2D eigenvalue weighted by Crippen LogP contribution is -2.39. The average Bonchev–Trinajstić information content (AvgIpc) is 2.96. The average molecular weight is 347 g/mol. The Morgan fingerprint density at radius 3 is 2.77 bits per heavy atom. The van der Waals surface area contributed by atoms with Crippen molar-refractivity contribution in [3.05, 3.63) is 29.0 Å². The Labute approximate surface area is 133 Å². The second-order valence-electron chi connectivity index (χ2n) is 4.17. The first kappa shape index (κ1) is 18.3. The van der Waals surface area contributed by atoms with Crippen LogP contribution in [-0.4, -0.2) is 40.1 Å². The lowest BCUT2D eigenvalue weighted by molar-refractivity contribution is -0.129. The minimum absolute atomic E-state index is 0.0944. The van der Waals surface area contributed by atoms with Crippen molar-refractivity contribution in [3.8, 4) is 0 Å². The summed E-state index contributed by atoms with van der Waals surface area (Å²) in [4.78, 5) is 23.0. The number of esters is 1. The molecule has 7 nitrogen and oxygen atoms in total. The van der Waals surface area contributed by atoms with Crippen molar-refractivity contribution >= 4 is 33.2 Å². The molecular formula is C13H17NO6S2. The predicted molar refractivity (Wildman–Crippen MR) is 81.2 cm³/mol. The van der Waals surface area contributed by atoms with Crippen LogP contribution in [0.25, 0.3) is 0 Å². The molecule has 0 bridgehead atoms. The molecule has 0 fully saturated rings. The number of methoxy groups -OCH3 is 1. The van der Waals surface area contributed by atoms with Crippen LogP contribution in [0.3, 0.4) is 0 Å². The number of hydrogen-bond acceptors (Lipinski definition) is 7. The Bertz CT molecular complexity index is 649. The Morgan fingerprint density at radius 2 is 2.18 bits per heavy atom. The number of carbonyl (C=O) groups excluding carboxylic acids is 2. The molecule has 0 aromatic carbocycles. The zero-order chi connectivity index (χ0) is 16.8. The number of carbonyl (C=O) groups is 2. The summed E-state index contributed by atoms with van der Waals surface area (Å²) in [5.41, 5.74) is 0. The van der Waals surface area contributed by atoms with E-state index in [2.05, 4.69) is 11.3 Å². The van der Waals surface area contributed by atoms with Gasteiger partial charge in [-0.15, -0.1) is 17.9 Å². The summed E-state index contributed by atoms with van der Waals surface area (Å²) in [6.45, 7) is 5.20. The molecule has 1 rings (SSSR count). The fraction of sp³-hybridized carbons (Fsp3) is 0.385. The van der Waals surface area contributed by atoms with Gasteiger partial charge in [-0.05, 0) is 24.8 Å². The largest absolute Gasteiger partial charge is 0.465 e. The summed E-state index contributed by atoms with van der Waals surface area (Å²) >= 11 is 0.914. The van der Waals surface area contributed by atoms with Gasteiger partial charge >= 0.3 is 5.97 Å². The number of thiophene rings is 1. The summed E-state index contributed by atoms with van der Waals surface area (Å²) < 4.78 is 35.9. The summed E-state index contributed by atoms with van der Waals surface area (Å²) in [6, 6.07) is 1.23. The molecule has 1 N–H and O–H groups in total. The van der Waals surface area contributed by atoms with Crippen LogP contribution in [0, 0.1) is 0 Å². The minimum atomic E-state index is -4.17. The van der Waals surface area contributed by atoms with Gasteiger partial charge in [-0.3, -0.25) is 4.79 Å². The monoisotopic (exact) mass is 347 g/mol. The van der Waals surface area contributed by atoms with Gasteiger partial charge in [-0.25, -0.2) is 17.9 Å². The molecular weight excluding hydrogens is 330 g/mol. The van der Waals surface area contributed by atoms with Gasteiger partial charge in [0.2, 0.25) is 0 Å². The van der Waals surface area contributed by atoms with E-state index in [9.17, 15) is 18.0 Å². The first-order valence-corrected chi connectivity index (χ1v) is 8.64. The second-order valence-corrected chi connectivity index (χ2v) is 6.73. The maximum absolute atomic E-state index is 12.2. The minimum Gasteiger partial charge on any atom is -0.465 e. The molecule has 0 saturated carbocycles. The first-order chi connectivity index (χ1) is 10.3. The molecule has 1 aromatic heterocycles. The SMILES string of the molecule is C=CCCO[C@@H](C)C(=O)NS(=O)(=O)c1ccsc1C(=O)OC. The van der Waals surface area contributed by atoms with Crippen LogP contribution in [0.4, 0.5) is 0 Å². The Balaban J connectivity index is 2.83. The van der Waals surface area contributed by atoms with Gasteiger partial charge in [-0.2, -0.15) is 0 Å². The third kappa shape index (κ3) is 4.65. The normalized spacial score (nSPS) is 12.5. The fourth-order valence-electron chi connectivity index (χ4n) is 1.42. The van der Waals surface area contributed by atoms with E-state index in [0.717, 1.165) is 18.4 Å². The van der Waals surface area contributed by atoms with Crippen molar-refractivity contribution in [2.45, 2.75) is 24.3 Å². The van der Waals surface area contributed by atoms with Gasteiger partial charge in [0.05, 0.1) is 13.7 Å². The van der Waals surface area contributed by atoms with E-state index < -0.39 is 28.0 Å². The highest BCUT2D eigenvalue weighted by molar-refractivity contribution is 7.90. The molecule has 0 aliphatic heterocycles. The third-order valence-corrected chi connectivity index (χ3v) is 5.00. The molecule has 1 heterocycles. The molecule has 0 radical (unpaired) electrons. The van der Waals surface area contributed by atoms with Crippen molar-refractivity contribution in [2.75, 3.05) is 13.7 Å². The van der Waals surface area contributed by atoms with E-state index in [4.69, 9.17) is 4.74 Å². The van der Waals surface area contributed by atoms with Crippen molar-refractivity contribution < 1.29 is 27.5 Å². The number of rotatable bonds is 8. The summed E-state index contributed by atoms with van der Waals surface area (Å²) in [7, 11) is -3.02. The van der Waals surface area contributed by atoms with Gasteiger partial charge in [0, 0.05) is 0 Å². The molecule has 0 unspecified atom stereocenters. The van der Waals surface area contributed by atoms with Crippen LogP contribution in [-0.2, 0) is 24.3 Å². The van der Waals surface area contributed by atoms with Gasteiger partial charge in [0.15, 0.2) is 0 Å². The summed E-state index contributed by atoms with van der Waals surface area (Å²) in [5.74, 6) is -1.59. The summed E-state index contributed by atoms with van der Waals surface area (Å²) in [5, 5.41) is 1.43. The Kier molecular flexibility index (Phi) is 6.72. The third-order valence-electron chi connectivity index (χ3n) is 2.58. The molecule has 1 amide bonds. The van der Waals surface area contributed by atoms with Crippen LogP contribution in [0.1, 0.15) is 23.0 Å². The standard InChI is InChI=1S/C13H17NO6S2/c1-4-5-7-20-9(2)12(15)14-22(17,18)10-6-8-21-11(10)13(16)19-3/h4,6,8-9H,1,5,7H2,2-3H3,(H,14,15)/t9-/m0/s1. The number of sulfonamides is 1. The van der Waals surface area contributed by atoms with Crippen LogP contribution >= 0.6 is 11.3 Å². The molecule has 0 saturated heterocycles. The van der Waals surface area contributed by atoms with Crippen LogP contribution < -0.4 is 4.72 Å². The number of amides is 1. The molecule has 22 heavy (non-hydrogen) atoms. The van der Waals surface area contributed by atoms with Crippen molar-refractivity contribution in [3.63, 3.8) is 0 Å². The number of ether oxygens (including phenoxy) is 2. The lowest BCUT2D eigenvalue weighted by Gasteiger charge is -2.13. The second kappa shape index (κ2) is 8.06. The van der Waals surface area contributed by atoms with Gasteiger partial charge in [-0.1, -0.05) is 6.08 Å². The lowest BCUT2D eigenvalue weighted by atomic mass is 10.4. The quantitative estimate of drug-likeness (QED) is 0.433. The predicted octanol–water partition coefficient (Wildman–Crippen LogP) is 1.32. The zero-order valence-electron chi connectivity index (χ0n) is 12.2. The van der Waals surface area contributed by atoms with Crippen molar-refractivity contribution in [2.24, 2.45) is 0 Å². The number of hydrogen-bond donors (Lipinski definition) is 1. The van der Waals surface area contributed by atoms with Gasteiger partial charge < -0.3 is 9.47 Å². The zero-order valence-corrected chi connectivity index (χ0v) is 13.8. The maximum Gasteiger partial charge on any atom is 0.349 e. The van der Waals surface area contributed by atoms with E-state index in [-0.39, 0.29) is 16.4 Å². The van der Waals surface area contributed by atoms with Crippen LogP contribution in [0.15, 0.2) is 29.0 Å². The highest BCUT2D eigenvalue weighted by atomic mass is 32.2.